The highest BCUT2D eigenvalue weighted by atomic mass is 79.9. The first kappa shape index (κ1) is 13.3. The molecule has 0 aromatic carbocycles. The van der Waals surface area contributed by atoms with Gasteiger partial charge in [0, 0.05) is 16.7 Å². The predicted molar refractivity (Wildman–Crippen MR) is 62.1 cm³/mol. The Hall–Kier alpha value is -1.11. The van der Waals surface area contributed by atoms with Crippen LogP contribution in [0.15, 0.2) is 22.8 Å². The van der Waals surface area contributed by atoms with Crippen molar-refractivity contribution in [1.29, 1.82) is 0 Å². The SMILES string of the molecule is O=C(c1ccc(Br)cn1)N(CC(F)(F)F)C1CC1. The van der Waals surface area contributed by atoms with E-state index < -0.39 is 18.6 Å². The van der Waals surface area contributed by atoms with E-state index in [-0.39, 0.29) is 11.7 Å². The molecule has 1 aliphatic carbocycles. The Kier molecular flexibility index (Phi) is 3.61. The number of hydrogen-bond donors (Lipinski definition) is 0. The molecule has 0 unspecified atom stereocenters. The minimum atomic E-state index is -4.38. The molecule has 0 spiro atoms. The fourth-order valence-corrected chi connectivity index (χ4v) is 1.83. The molecule has 1 aromatic heterocycles. The fraction of sp³-hybridized carbons (Fsp3) is 0.455. The Morgan fingerprint density at radius 2 is 2.11 bits per heavy atom. The molecule has 0 radical (unpaired) electrons. The summed E-state index contributed by atoms with van der Waals surface area (Å²) in [7, 11) is 0. The molecule has 1 aromatic rings. The third-order valence-corrected chi connectivity index (χ3v) is 3.01. The maximum Gasteiger partial charge on any atom is 0.406 e. The minimum absolute atomic E-state index is 0.0364. The van der Waals surface area contributed by atoms with Crippen molar-refractivity contribution in [1.82, 2.24) is 9.88 Å². The van der Waals surface area contributed by atoms with Crippen LogP contribution in [0.4, 0.5) is 13.2 Å². The third-order valence-electron chi connectivity index (χ3n) is 2.54. The summed E-state index contributed by atoms with van der Waals surface area (Å²) < 4.78 is 37.9. The van der Waals surface area contributed by atoms with Crippen LogP contribution in [0.25, 0.3) is 0 Å². The quantitative estimate of drug-likeness (QED) is 0.857. The molecule has 0 atom stereocenters. The lowest BCUT2D eigenvalue weighted by Crippen LogP contribution is -2.40. The normalized spacial score (nSPS) is 15.6. The lowest BCUT2D eigenvalue weighted by Gasteiger charge is -2.23. The Balaban J connectivity index is 2.15. The number of carbonyl (C=O) groups is 1. The maximum absolute atomic E-state index is 12.4. The van der Waals surface area contributed by atoms with E-state index in [4.69, 9.17) is 0 Å². The minimum Gasteiger partial charge on any atom is -0.325 e. The summed E-state index contributed by atoms with van der Waals surface area (Å²) in [6.45, 7) is -1.21. The Labute approximate surface area is 110 Å². The average Bonchev–Trinajstić information content (AvgIpc) is 3.08. The molecule has 7 heteroatoms. The van der Waals surface area contributed by atoms with Gasteiger partial charge in [0.2, 0.25) is 0 Å². The molecule has 1 fully saturated rings. The summed E-state index contributed by atoms with van der Waals surface area (Å²) in [6, 6.07) is 2.70. The number of rotatable bonds is 3. The average molecular weight is 323 g/mol. The van der Waals surface area contributed by atoms with Crippen molar-refractivity contribution in [3.8, 4) is 0 Å². The summed E-state index contributed by atoms with van der Waals surface area (Å²) >= 11 is 3.15. The van der Waals surface area contributed by atoms with Gasteiger partial charge in [0.1, 0.15) is 12.2 Å². The molecule has 0 saturated heterocycles. The number of carbonyl (C=O) groups excluding carboxylic acids is 1. The fourth-order valence-electron chi connectivity index (χ4n) is 1.60. The van der Waals surface area contributed by atoms with Gasteiger partial charge < -0.3 is 4.90 Å². The van der Waals surface area contributed by atoms with Crippen LogP contribution in [0.2, 0.25) is 0 Å². The van der Waals surface area contributed by atoms with E-state index in [2.05, 4.69) is 20.9 Å². The predicted octanol–water partition coefficient (Wildman–Crippen LogP) is 3.01. The van der Waals surface area contributed by atoms with Gasteiger partial charge in [-0.25, -0.2) is 4.98 Å². The van der Waals surface area contributed by atoms with Gasteiger partial charge in [-0.15, -0.1) is 0 Å². The smallest absolute Gasteiger partial charge is 0.325 e. The monoisotopic (exact) mass is 322 g/mol. The van der Waals surface area contributed by atoms with Crippen molar-refractivity contribution in [2.75, 3.05) is 6.54 Å². The van der Waals surface area contributed by atoms with E-state index in [0.717, 1.165) is 4.90 Å². The topological polar surface area (TPSA) is 33.2 Å². The van der Waals surface area contributed by atoms with Crippen molar-refractivity contribution < 1.29 is 18.0 Å². The number of pyridine rings is 1. The van der Waals surface area contributed by atoms with Crippen molar-refractivity contribution >= 4 is 21.8 Å². The van der Waals surface area contributed by atoms with Crippen LogP contribution < -0.4 is 0 Å². The highest BCUT2D eigenvalue weighted by Crippen LogP contribution is 2.31. The summed E-state index contributed by atoms with van der Waals surface area (Å²) in [4.78, 5) is 16.7. The lowest BCUT2D eigenvalue weighted by atomic mass is 10.3. The number of amides is 1. The van der Waals surface area contributed by atoms with Crippen molar-refractivity contribution in [2.24, 2.45) is 0 Å². The molecule has 3 nitrogen and oxygen atoms in total. The van der Waals surface area contributed by atoms with Crippen molar-refractivity contribution in [2.45, 2.75) is 25.1 Å². The van der Waals surface area contributed by atoms with Crippen LogP contribution in [0.5, 0.6) is 0 Å². The molecule has 98 valence electrons. The number of halogens is 4. The first-order valence-corrected chi connectivity index (χ1v) is 6.15. The Morgan fingerprint density at radius 1 is 1.44 bits per heavy atom. The van der Waals surface area contributed by atoms with E-state index >= 15 is 0 Å². The van der Waals surface area contributed by atoms with Gasteiger partial charge >= 0.3 is 6.18 Å². The first-order valence-electron chi connectivity index (χ1n) is 5.36. The standard InChI is InChI=1S/C11H10BrF3N2O/c12-7-1-4-9(16-5-7)10(18)17(8-2-3-8)6-11(13,14)15/h1,4-5,8H,2-3,6H2. The Morgan fingerprint density at radius 3 is 2.56 bits per heavy atom. The third kappa shape index (κ3) is 3.44. The van der Waals surface area contributed by atoms with Crippen LogP contribution in [0.1, 0.15) is 23.3 Å². The van der Waals surface area contributed by atoms with Crippen LogP contribution in [0, 0.1) is 0 Å². The van der Waals surface area contributed by atoms with E-state index in [1.165, 1.54) is 12.3 Å². The van der Waals surface area contributed by atoms with Crippen LogP contribution in [0.3, 0.4) is 0 Å². The van der Waals surface area contributed by atoms with Crippen LogP contribution in [-0.4, -0.2) is 34.6 Å². The molecule has 1 aliphatic rings. The van der Waals surface area contributed by atoms with E-state index in [9.17, 15) is 18.0 Å². The zero-order valence-electron chi connectivity index (χ0n) is 9.25. The van der Waals surface area contributed by atoms with Crippen LogP contribution in [-0.2, 0) is 0 Å². The molecule has 18 heavy (non-hydrogen) atoms. The largest absolute Gasteiger partial charge is 0.406 e. The molecule has 1 saturated carbocycles. The highest BCUT2D eigenvalue weighted by Gasteiger charge is 2.41. The number of aromatic nitrogens is 1. The zero-order chi connectivity index (χ0) is 13.3. The summed E-state index contributed by atoms with van der Waals surface area (Å²) in [5, 5.41) is 0. The first-order chi connectivity index (χ1) is 8.37. The van der Waals surface area contributed by atoms with E-state index in [1.54, 1.807) is 6.07 Å². The number of alkyl halides is 3. The molecule has 0 bridgehead atoms. The maximum atomic E-state index is 12.4. The summed E-state index contributed by atoms with van der Waals surface area (Å²) in [5.74, 6) is -0.665. The summed E-state index contributed by atoms with van der Waals surface area (Å²) in [5.41, 5.74) is 0.0364. The van der Waals surface area contributed by atoms with Gasteiger partial charge in [0.15, 0.2) is 0 Å². The van der Waals surface area contributed by atoms with Gasteiger partial charge in [0.25, 0.3) is 5.91 Å². The van der Waals surface area contributed by atoms with Gasteiger partial charge in [-0.1, -0.05) is 0 Å². The second-order valence-corrected chi connectivity index (χ2v) is 5.06. The van der Waals surface area contributed by atoms with Crippen molar-refractivity contribution in [3.63, 3.8) is 0 Å². The van der Waals surface area contributed by atoms with Gasteiger partial charge in [-0.3, -0.25) is 4.79 Å². The summed E-state index contributed by atoms with van der Waals surface area (Å²) in [6.07, 6.45) is -1.74. The molecule has 0 aliphatic heterocycles. The van der Waals surface area contributed by atoms with Crippen LogP contribution >= 0.6 is 15.9 Å². The number of nitrogens with zero attached hydrogens (tertiary/aromatic N) is 2. The van der Waals surface area contributed by atoms with Crippen molar-refractivity contribution in [3.05, 3.63) is 28.5 Å². The van der Waals surface area contributed by atoms with Gasteiger partial charge in [0.05, 0.1) is 0 Å². The van der Waals surface area contributed by atoms with E-state index in [1.807, 2.05) is 0 Å². The second-order valence-electron chi connectivity index (χ2n) is 4.14. The number of hydrogen-bond acceptors (Lipinski definition) is 2. The van der Waals surface area contributed by atoms with E-state index in [0.29, 0.717) is 17.3 Å². The zero-order valence-corrected chi connectivity index (χ0v) is 10.8. The second kappa shape index (κ2) is 4.87. The molecule has 1 heterocycles. The molecule has 0 N–H and O–H groups in total. The van der Waals surface area contributed by atoms with Gasteiger partial charge in [-0.2, -0.15) is 13.2 Å². The van der Waals surface area contributed by atoms with Gasteiger partial charge in [-0.05, 0) is 40.9 Å². The molecular formula is C11H10BrF3N2O. The highest BCUT2D eigenvalue weighted by molar-refractivity contribution is 9.10. The lowest BCUT2D eigenvalue weighted by molar-refractivity contribution is -0.141. The molecular weight excluding hydrogens is 313 g/mol. The molecule has 2 rings (SSSR count). The Bertz CT molecular complexity index is 443. The molecule has 1 amide bonds.